The van der Waals surface area contributed by atoms with E-state index >= 15 is 0 Å². The fourth-order valence-corrected chi connectivity index (χ4v) is 2.86. The Bertz CT molecular complexity index is 457. The van der Waals surface area contributed by atoms with Crippen LogP contribution in [0.4, 0.5) is 4.79 Å². The van der Waals surface area contributed by atoms with Crippen molar-refractivity contribution in [1.82, 2.24) is 4.90 Å². The average Bonchev–Trinajstić information content (AvgIpc) is 2.42. The largest absolute Gasteiger partial charge is 0.467 e. The molecule has 0 fully saturated rings. The molecule has 0 saturated heterocycles. The number of esters is 1. The molecule has 0 aliphatic rings. The molecule has 1 amide bonds. The molecule has 0 rings (SSSR count). The second kappa shape index (κ2) is 8.34. The van der Waals surface area contributed by atoms with Crippen LogP contribution in [0.2, 0.25) is 18.1 Å². The highest BCUT2D eigenvalue weighted by molar-refractivity contribution is 6.74. The van der Waals surface area contributed by atoms with E-state index < -0.39 is 32.1 Å². The van der Waals surface area contributed by atoms with Gasteiger partial charge in [-0.25, -0.2) is 9.59 Å². The SMILES string of the molecule is [2H]CN(CCC(O[Si](C)(C)C(C)(C)C)C(=O)OC)C(=O)OC(C)(C)C. The van der Waals surface area contributed by atoms with E-state index in [0.717, 1.165) is 0 Å². The van der Waals surface area contributed by atoms with Gasteiger partial charge >= 0.3 is 12.1 Å². The molecule has 1 unspecified atom stereocenters. The highest BCUT2D eigenvalue weighted by Gasteiger charge is 2.41. The lowest BCUT2D eigenvalue weighted by molar-refractivity contribution is -0.149. The van der Waals surface area contributed by atoms with Gasteiger partial charge in [-0.05, 0) is 38.9 Å². The molecule has 1 atom stereocenters. The number of carbonyl (C=O) groups excluding carboxylic acids is 2. The topological polar surface area (TPSA) is 65.1 Å². The molecule has 24 heavy (non-hydrogen) atoms. The summed E-state index contributed by atoms with van der Waals surface area (Å²) in [5.74, 6) is -0.459. The van der Waals surface area contributed by atoms with Crippen LogP contribution < -0.4 is 0 Å². The molecule has 0 heterocycles. The third-order valence-electron chi connectivity index (χ3n) is 4.02. The van der Waals surface area contributed by atoms with Crippen LogP contribution in [-0.4, -0.2) is 57.7 Å². The molecule has 6 nitrogen and oxygen atoms in total. The molecule has 7 heteroatoms. The fourth-order valence-electron chi connectivity index (χ4n) is 1.58. The fraction of sp³-hybridized carbons (Fsp3) is 0.882. The minimum atomic E-state index is -2.18. The first kappa shape index (κ1) is 21.0. The molecule has 0 aromatic rings. The number of rotatable bonds is 6. The number of methoxy groups -OCH3 is 1. The van der Waals surface area contributed by atoms with Crippen LogP contribution in [0, 0.1) is 0 Å². The lowest BCUT2D eigenvalue weighted by Gasteiger charge is -2.38. The van der Waals surface area contributed by atoms with Crippen molar-refractivity contribution in [1.29, 1.82) is 0 Å². The van der Waals surface area contributed by atoms with E-state index in [9.17, 15) is 9.59 Å². The summed E-state index contributed by atoms with van der Waals surface area (Å²) < 4.78 is 23.8. The van der Waals surface area contributed by atoms with Gasteiger partial charge in [0.05, 0.1) is 7.11 Å². The van der Waals surface area contributed by atoms with Gasteiger partial charge in [-0.1, -0.05) is 20.8 Å². The third-order valence-corrected chi connectivity index (χ3v) is 8.51. The highest BCUT2D eigenvalue weighted by Crippen LogP contribution is 2.37. The zero-order valence-electron chi connectivity index (χ0n) is 17.7. The van der Waals surface area contributed by atoms with Crippen LogP contribution >= 0.6 is 0 Å². The van der Waals surface area contributed by atoms with Crippen LogP contribution in [-0.2, 0) is 18.7 Å². The average molecular weight is 363 g/mol. The van der Waals surface area contributed by atoms with Gasteiger partial charge in [0.2, 0.25) is 0 Å². The van der Waals surface area contributed by atoms with Gasteiger partial charge in [0.25, 0.3) is 0 Å². The first-order valence-electron chi connectivity index (χ1n) is 8.88. The van der Waals surface area contributed by atoms with Crippen molar-refractivity contribution in [3.63, 3.8) is 0 Å². The Morgan fingerprint density at radius 2 is 1.71 bits per heavy atom. The minimum absolute atomic E-state index is 0.0560. The summed E-state index contributed by atoms with van der Waals surface area (Å²) in [6.07, 6.45) is -1.07. The van der Waals surface area contributed by atoms with Crippen LogP contribution in [0.25, 0.3) is 0 Å². The molecule has 0 aliphatic heterocycles. The van der Waals surface area contributed by atoms with Crippen LogP contribution in [0.5, 0.6) is 0 Å². The molecule has 142 valence electrons. The smallest absolute Gasteiger partial charge is 0.410 e. The van der Waals surface area contributed by atoms with Gasteiger partial charge in [0, 0.05) is 21.4 Å². The van der Waals surface area contributed by atoms with E-state index in [-0.39, 0.29) is 25.0 Å². The van der Waals surface area contributed by atoms with Crippen molar-refractivity contribution >= 4 is 20.4 Å². The summed E-state index contributed by atoms with van der Waals surface area (Å²) in [7, 11) is -1.10. The van der Waals surface area contributed by atoms with E-state index in [1.54, 1.807) is 20.8 Å². The van der Waals surface area contributed by atoms with Crippen molar-refractivity contribution in [3.8, 4) is 0 Å². The van der Waals surface area contributed by atoms with Gasteiger partial charge in [-0.2, -0.15) is 0 Å². The summed E-state index contributed by atoms with van der Waals surface area (Å²) in [5, 5.41) is -0.0560. The number of hydrogen-bond acceptors (Lipinski definition) is 5. The van der Waals surface area contributed by atoms with Crippen molar-refractivity contribution in [2.45, 2.75) is 77.8 Å². The van der Waals surface area contributed by atoms with Gasteiger partial charge < -0.3 is 18.8 Å². The van der Waals surface area contributed by atoms with E-state index in [0.29, 0.717) is 0 Å². The molecule has 0 aliphatic carbocycles. The Kier molecular flexibility index (Phi) is 7.28. The van der Waals surface area contributed by atoms with Gasteiger partial charge in [-0.3, -0.25) is 0 Å². The Morgan fingerprint density at radius 1 is 1.17 bits per heavy atom. The summed E-state index contributed by atoms with van der Waals surface area (Å²) in [5.41, 5.74) is -0.635. The zero-order valence-corrected chi connectivity index (χ0v) is 17.7. The molecular weight excluding hydrogens is 326 g/mol. The van der Waals surface area contributed by atoms with E-state index in [1.165, 1.54) is 12.0 Å². The maximum absolute atomic E-state index is 12.1. The molecule has 0 aromatic heterocycles. The molecule has 0 N–H and O–H groups in total. The monoisotopic (exact) mass is 362 g/mol. The molecule has 0 saturated carbocycles. The number of hydrogen-bond donors (Lipinski definition) is 0. The molecule has 0 radical (unpaired) electrons. The minimum Gasteiger partial charge on any atom is -0.467 e. The van der Waals surface area contributed by atoms with E-state index in [2.05, 4.69) is 33.9 Å². The first-order valence-corrected chi connectivity index (χ1v) is 11.1. The summed E-state index contributed by atoms with van der Waals surface area (Å²) >= 11 is 0. The van der Waals surface area contributed by atoms with Crippen molar-refractivity contribution in [3.05, 3.63) is 0 Å². The van der Waals surface area contributed by atoms with Crippen molar-refractivity contribution in [2.75, 3.05) is 20.7 Å². The van der Waals surface area contributed by atoms with Crippen LogP contribution in [0.15, 0.2) is 0 Å². The highest BCUT2D eigenvalue weighted by atomic mass is 28.4. The lowest BCUT2D eigenvalue weighted by Crippen LogP contribution is -2.47. The number of amides is 1. The predicted molar refractivity (Wildman–Crippen MR) is 97.6 cm³/mol. The Balaban J connectivity index is 5.04. The number of nitrogens with zero attached hydrogens (tertiary/aromatic N) is 1. The quantitative estimate of drug-likeness (QED) is 0.531. The predicted octanol–water partition coefficient (Wildman–Crippen LogP) is 3.81. The summed E-state index contributed by atoms with van der Waals surface area (Å²) in [6, 6.07) is 0. The zero-order chi connectivity index (χ0) is 20.1. The maximum atomic E-state index is 12.1. The standard InChI is InChI=1S/C17H35NO5Si/c1-16(2,3)22-15(20)18(7)12-11-13(14(19)21-8)23-24(9,10)17(4,5)6/h13H,11-12H2,1-10H3/i7D. The van der Waals surface area contributed by atoms with E-state index in [4.69, 9.17) is 15.3 Å². The number of carbonyl (C=O) groups is 2. The van der Waals surface area contributed by atoms with Gasteiger partial charge in [-0.15, -0.1) is 0 Å². The molecular formula is C17H35NO5Si. The summed E-state index contributed by atoms with van der Waals surface area (Å²) in [6.45, 7) is 15.9. The molecule has 0 bridgehead atoms. The van der Waals surface area contributed by atoms with Crippen LogP contribution in [0.1, 0.15) is 49.3 Å². The van der Waals surface area contributed by atoms with Gasteiger partial charge in [0.1, 0.15) is 11.7 Å². The third kappa shape index (κ3) is 7.66. The summed E-state index contributed by atoms with van der Waals surface area (Å²) in [4.78, 5) is 25.5. The second-order valence-corrected chi connectivity index (χ2v) is 13.2. The maximum Gasteiger partial charge on any atom is 0.410 e. The Labute approximate surface area is 149 Å². The molecule has 0 aromatic carbocycles. The second-order valence-electron chi connectivity index (χ2n) is 8.42. The van der Waals surface area contributed by atoms with E-state index in [1.807, 2.05) is 0 Å². The lowest BCUT2D eigenvalue weighted by atomic mass is 10.2. The normalized spacial score (nSPS) is 14.6. The van der Waals surface area contributed by atoms with Gasteiger partial charge in [0.15, 0.2) is 8.32 Å². The Morgan fingerprint density at radius 3 is 2.08 bits per heavy atom. The number of ether oxygens (including phenoxy) is 2. The van der Waals surface area contributed by atoms with Crippen molar-refractivity contribution < 1.29 is 24.9 Å². The Hall–Kier alpha value is -1.08. The van der Waals surface area contributed by atoms with Crippen LogP contribution in [0.3, 0.4) is 0 Å². The first-order chi connectivity index (χ1) is 11.1. The molecule has 0 spiro atoms. The van der Waals surface area contributed by atoms with Crippen molar-refractivity contribution in [2.24, 2.45) is 0 Å².